The van der Waals surface area contributed by atoms with Gasteiger partial charge in [0.1, 0.15) is 5.82 Å². The second kappa shape index (κ2) is 5.79. The largest absolute Gasteiger partial charge is 0.399 e. The van der Waals surface area contributed by atoms with Gasteiger partial charge in [0.25, 0.3) is 0 Å². The van der Waals surface area contributed by atoms with Crippen molar-refractivity contribution in [1.82, 2.24) is 14.8 Å². The number of rotatable bonds is 2. The van der Waals surface area contributed by atoms with Crippen LogP contribution in [-0.2, 0) is 4.74 Å². The van der Waals surface area contributed by atoms with Crippen molar-refractivity contribution in [2.24, 2.45) is 0 Å². The highest BCUT2D eigenvalue weighted by molar-refractivity contribution is 5.83. The Morgan fingerprint density at radius 3 is 2.71 bits per heavy atom. The number of ether oxygens (including phenoxy) is 1. The van der Waals surface area contributed by atoms with Crippen LogP contribution in [0.4, 0.5) is 11.5 Å². The number of nitrogens with two attached hydrogens (primary N) is 1. The number of hydrogen-bond acceptors (Lipinski definition) is 5. The normalized spacial score (nSPS) is 21.3. The second-order valence-electron chi connectivity index (χ2n) is 6.41. The highest BCUT2D eigenvalue weighted by atomic mass is 16.5. The fourth-order valence-electron chi connectivity index (χ4n) is 3.33. The van der Waals surface area contributed by atoms with Crippen molar-refractivity contribution < 1.29 is 4.74 Å². The van der Waals surface area contributed by atoms with E-state index in [0.717, 1.165) is 41.2 Å². The molecule has 1 aliphatic rings. The van der Waals surface area contributed by atoms with E-state index in [1.807, 2.05) is 41.3 Å². The molecular formula is C18H21N5O. The minimum Gasteiger partial charge on any atom is -0.399 e. The molecule has 124 valence electrons. The molecule has 0 bridgehead atoms. The highest BCUT2D eigenvalue weighted by Crippen LogP contribution is 2.24. The van der Waals surface area contributed by atoms with E-state index in [1.165, 1.54) is 0 Å². The molecule has 6 heteroatoms. The van der Waals surface area contributed by atoms with E-state index in [1.54, 1.807) is 0 Å². The summed E-state index contributed by atoms with van der Waals surface area (Å²) < 4.78 is 7.73. The average molecular weight is 323 g/mol. The molecule has 6 nitrogen and oxygen atoms in total. The summed E-state index contributed by atoms with van der Waals surface area (Å²) in [5.41, 5.74) is 8.62. The monoisotopic (exact) mass is 323 g/mol. The number of aromatic nitrogens is 3. The van der Waals surface area contributed by atoms with Crippen LogP contribution in [0.25, 0.3) is 16.6 Å². The van der Waals surface area contributed by atoms with E-state index >= 15 is 0 Å². The number of nitrogen functional groups attached to an aromatic ring is 1. The van der Waals surface area contributed by atoms with E-state index in [0.29, 0.717) is 0 Å². The zero-order valence-electron chi connectivity index (χ0n) is 13.9. The molecule has 1 fully saturated rings. The fraction of sp³-hybridized carbons (Fsp3) is 0.333. The number of morpholine rings is 1. The van der Waals surface area contributed by atoms with E-state index in [2.05, 4.69) is 34.9 Å². The number of benzene rings is 1. The lowest BCUT2D eigenvalue weighted by Crippen LogP contribution is -2.45. The van der Waals surface area contributed by atoms with Crippen LogP contribution in [0.15, 0.2) is 42.7 Å². The standard InChI is InChI=1S/C18H21N5O/c1-12-10-22(11-13(2)24-12)18-8-16(5-6-20-18)23-17-4-3-15(19)7-14(17)9-21-23/h3-9,12-13H,10-11,19H2,1-2H3/t12-,13-/m0/s1. The quantitative estimate of drug-likeness (QED) is 0.734. The van der Waals surface area contributed by atoms with Gasteiger partial charge in [-0.1, -0.05) is 0 Å². The second-order valence-corrected chi connectivity index (χ2v) is 6.41. The predicted octanol–water partition coefficient (Wildman–Crippen LogP) is 2.62. The van der Waals surface area contributed by atoms with Gasteiger partial charge in [0.15, 0.2) is 0 Å². The summed E-state index contributed by atoms with van der Waals surface area (Å²) in [7, 11) is 0. The van der Waals surface area contributed by atoms with Crippen molar-refractivity contribution in [2.45, 2.75) is 26.1 Å². The summed E-state index contributed by atoms with van der Waals surface area (Å²) in [4.78, 5) is 6.82. The van der Waals surface area contributed by atoms with Gasteiger partial charge in [-0.3, -0.25) is 0 Å². The molecule has 0 unspecified atom stereocenters. The van der Waals surface area contributed by atoms with E-state index < -0.39 is 0 Å². The van der Waals surface area contributed by atoms with Crippen LogP contribution < -0.4 is 10.6 Å². The van der Waals surface area contributed by atoms with Gasteiger partial charge in [-0.05, 0) is 38.1 Å². The Hall–Kier alpha value is -2.60. The Bertz CT molecular complexity index is 865. The van der Waals surface area contributed by atoms with Crippen LogP contribution >= 0.6 is 0 Å². The third-order valence-corrected chi connectivity index (χ3v) is 4.31. The van der Waals surface area contributed by atoms with Crippen molar-refractivity contribution in [3.8, 4) is 5.69 Å². The Balaban J connectivity index is 1.71. The van der Waals surface area contributed by atoms with E-state index in [4.69, 9.17) is 10.5 Å². The lowest BCUT2D eigenvalue weighted by Gasteiger charge is -2.36. The average Bonchev–Trinajstić information content (AvgIpc) is 2.97. The van der Waals surface area contributed by atoms with Crippen molar-refractivity contribution in [2.75, 3.05) is 23.7 Å². The smallest absolute Gasteiger partial charge is 0.130 e. The first-order valence-electron chi connectivity index (χ1n) is 8.20. The maximum absolute atomic E-state index is 5.85. The van der Waals surface area contributed by atoms with Gasteiger partial charge in [0.05, 0.1) is 29.6 Å². The van der Waals surface area contributed by atoms with Gasteiger partial charge < -0.3 is 15.4 Å². The molecule has 2 atom stereocenters. The van der Waals surface area contributed by atoms with Crippen LogP contribution in [-0.4, -0.2) is 40.1 Å². The van der Waals surface area contributed by atoms with Crippen LogP contribution in [0, 0.1) is 0 Å². The molecule has 0 saturated carbocycles. The molecule has 1 aliphatic heterocycles. The number of hydrogen-bond donors (Lipinski definition) is 1. The molecule has 0 aliphatic carbocycles. The summed E-state index contributed by atoms with van der Waals surface area (Å²) >= 11 is 0. The maximum atomic E-state index is 5.85. The molecule has 4 rings (SSSR count). The molecule has 0 spiro atoms. The van der Waals surface area contributed by atoms with Gasteiger partial charge in [0.2, 0.25) is 0 Å². The summed E-state index contributed by atoms with van der Waals surface area (Å²) in [6.07, 6.45) is 4.07. The minimum absolute atomic E-state index is 0.202. The molecule has 1 aromatic carbocycles. The molecule has 1 saturated heterocycles. The first kappa shape index (κ1) is 15.0. The molecule has 2 aromatic heterocycles. The maximum Gasteiger partial charge on any atom is 0.130 e. The van der Waals surface area contributed by atoms with Crippen molar-refractivity contribution >= 4 is 22.4 Å². The molecule has 2 N–H and O–H groups in total. The topological polar surface area (TPSA) is 69.2 Å². The van der Waals surface area contributed by atoms with E-state index in [-0.39, 0.29) is 12.2 Å². The number of nitrogens with zero attached hydrogens (tertiary/aromatic N) is 4. The molecular weight excluding hydrogens is 302 g/mol. The van der Waals surface area contributed by atoms with Crippen LogP contribution in [0.5, 0.6) is 0 Å². The highest BCUT2D eigenvalue weighted by Gasteiger charge is 2.23. The molecule has 24 heavy (non-hydrogen) atoms. The molecule has 3 aromatic rings. The SMILES string of the molecule is C[C@H]1CN(c2cc(-n3ncc4cc(N)ccc43)ccn2)C[C@H](C)O1. The van der Waals surface area contributed by atoms with Gasteiger partial charge in [-0.2, -0.15) is 5.10 Å². The molecule has 0 amide bonds. The number of fused-ring (bicyclic) bond motifs is 1. The predicted molar refractivity (Wildman–Crippen MR) is 95.5 cm³/mol. The van der Waals surface area contributed by atoms with Crippen LogP contribution in [0.2, 0.25) is 0 Å². The molecule has 3 heterocycles. The van der Waals surface area contributed by atoms with Crippen LogP contribution in [0.1, 0.15) is 13.8 Å². The number of pyridine rings is 1. The van der Waals surface area contributed by atoms with Crippen LogP contribution in [0.3, 0.4) is 0 Å². The Labute approximate surface area is 140 Å². The first-order chi connectivity index (χ1) is 11.6. The molecule has 0 radical (unpaired) electrons. The minimum atomic E-state index is 0.202. The fourth-order valence-corrected chi connectivity index (χ4v) is 3.33. The Morgan fingerprint density at radius 1 is 1.12 bits per heavy atom. The lowest BCUT2D eigenvalue weighted by atomic mass is 10.2. The number of anilines is 2. The van der Waals surface area contributed by atoms with Gasteiger partial charge in [-0.25, -0.2) is 9.67 Å². The van der Waals surface area contributed by atoms with Crippen molar-refractivity contribution in [1.29, 1.82) is 0 Å². The Kier molecular flexibility index (Phi) is 3.61. The third kappa shape index (κ3) is 2.69. The summed E-state index contributed by atoms with van der Waals surface area (Å²) in [5, 5.41) is 5.54. The van der Waals surface area contributed by atoms with E-state index in [9.17, 15) is 0 Å². The zero-order valence-corrected chi connectivity index (χ0v) is 13.9. The van der Waals surface area contributed by atoms with Crippen molar-refractivity contribution in [3.63, 3.8) is 0 Å². The summed E-state index contributed by atoms with van der Waals surface area (Å²) in [6, 6.07) is 9.88. The van der Waals surface area contributed by atoms with Gasteiger partial charge in [0, 0.05) is 36.4 Å². The third-order valence-electron chi connectivity index (χ3n) is 4.31. The first-order valence-corrected chi connectivity index (χ1v) is 8.20. The van der Waals surface area contributed by atoms with Crippen molar-refractivity contribution in [3.05, 3.63) is 42.7 Å². The van der Waals surface area contributed by atoms with Gasteiger partial charge in [-0.15, -0.1) is 0 Å². The van der Waals surface area contributed by atoms with Gasteiger partial charge >= 0.3 is 0 Å². The zero-order chi connectivity index (χ0) is 16.7. The lowest BCUT2D eigenvalue weighted by molar-refractivity contribution is -0.00545. The summed E-state index contributed by atoms with van der Waals surface area (Å²) in [6.45, 7) is 5.88. The Morgan fingerprint density at radius 2 is 1.92 bits per heavy atom. The summed E-state index contributed by atoms with van der Waals surface area (Å²) in [5.74, 6) is 0.952.